The van der Waals surface area contributed by atoms with E-state index in [9.17, 15) is 14.7 Å². The summed E-state index contributed by atoms with van der Waals surface area (Å²) < 4.78 is 5.17. The average molecular weight is 236 g/mol. The van der Waals surface area contributed by atoms with Gasteiger partial charge in [0.15, 0.2) is 6.29 Å². The Morgan fingerprint density at radius 2 is 2.25 bits per heavy atom. The fraction of sp³-hybridized carbons (Fsp3) is 0.0909. The number of fused-ring (bicyclic) bond motifs is 1. The Bertz CT molecular complexity index is 571. The van der Waals surface area contributed by atoms with Gasteiger partial charge in [0, 0.05) is 15.6 Å². The number of phenolic OH excluding ortho intramolecular Hbond substituents is 1. The van der Waals surface area contributed by atoms with E-state index in [4.69, 9.17) is 0 Å². The molecule has 0 spiro atoms. The number of rotatable bonds is 2. The molecule has 5 heteroatoms. The van der Waals surface area contributed by atoms with E-state index >= 15 is 0 Å². The Balaban J connectivity index is 2.72. The summed E-state index contributed by atoms with van der Waals surface area (Å²) in [5, 5.41) is 10.1. The molecule has 0 unspecified atom stereocenters. The topological polar surface area (TPSA) is 63.6 Å². The van der Waals surface area contributed by atoms with E-state index in [0.29, 0.717) is 26.8 Å². The van der Waals surface area contributed by atoms with E-state index in [1.54, 1.807) is 0 Å². The lowest BCUT2D eigenvalue weighted by molar-refractivity contribution is 0.0606. The third kappa shape index (κ3) is 1.55. The Labute approximate surface area is 95.1 Å². The summed E-state index contributed by atoms with van der Waals surface area (Å²) in [6, 6.07) is 4.47. The van der Waals surface area contributed by atoms with Crippen LogP contribution in [0, 0.1) is 0 Å². The average Bonchev–Trinajstić information content (AvgIpc) is 2.74. The fourth-order valence-electron chi connectivity index (χ4n) is 1.42. The molecule has 0 aliphatic heterocycles. The smallest absolute Gasteiger partial charge is 0.348 e. The van der Waals surface area contributed by atoms with Gasteiger partial charge in [0.2, 0.25) is 0 Å². The zero-order valence-electron chi connectivity index (χ0n) is 8.39. The lowest BCUT2D eigenvalue weighted by Crippen LogP contribution is -1.96. The van der Waals surface area contributed by atoms with Crippen molar-refractivity contribution >= 4 is 33.7 Å². The second kappa shape index (κ2) is 3.94. The van der Waals surface area contributed by atoms with Crippen LogP contribution in [0.2, 0.25) is 0 Å². The molecule has 1 aromatic carbocycles. The van der Waals surface area contributed by atoms with E-state index in [1.165, 1.54) is 25.3 Å². The van der Waals surface area contributed by atoms with Gasteiger partial charge < -0.3 is 9.84 Å². The van der Waals surface area contributed by atoms with E-state index in [2.05, 4.69) is 4.74 Å². The number of benzene rings is 1. The van der Waals surface area contributed by atoms with Crippen molar-refractivity contribution in [3.8, 4) is 5.75 Å². The van der Waals surface area contributed by atoms with E-state index in [0.717, 1.165) is 11.3 Å². The summed E-state index contributed by atoms with van der Waals surface area (Å²) in [7, 11) is 1.28. The Morgan fingerprint density at radius 1 is 1.50 bits per heavy atom. The molecule has 1 heterocycles. The number of carbonyl (C=O) groups excluding carboxylic acids is 2. The largest absolute Gasteiger partial charge is 0.507 e. The summed E-state index contributed by atoms with van der Waals surface area (Å²) in [5.74, 6) is -0.426. The number of ether oxygens (including phenoxy) is 1. The highest BCUT2D eigenvalue weighted by molar-refractivity contribution is 7.21. The number of hydrogen-bond donors (Lipinski definition) is 1. The van der Waals surface area contributed by atoms with Gasteiger partial charge in [-0.05, 0) is 18.2 Å². The van der Waals surface area contributed by atoms with Gasteiger partial charge in [-0.15, -0.1) is 11.3 Å². The molecule has 0 bridgehead atoms. The van der Waals surface area contributed by atoms with Crippen LogP contribution in [0.5, 0.6) is 5.75 Å². The minimum absolute atomic E-state index is 0.0482. The van der Waals surface area contributed by atoms with E-state index in [1.807, 2.05) is 0 Å². The zero-order valence-corrected chi connectivity index (χ0v) is 9.21. The number of phenols is 1. The van der Waals surface area contributed by atoms with Gasteiger partial charge in [0.05, 0.1) is 7.11 Å². The van der Waals surface area contributed by atoms with Crippen LogP contribution < -0.4 is 0 Å². The highest BCUT2D eigenvalue weighted by Gasteiger charge is 2.14. The lowest BCUT2D eigenvalue weighted by Gasteiger charge is -1.95. The second-order valence-corrected chi connectivity index (χ2v) is 4.19. The number of esters is 1. The number of aromatic hydroxyl groups is 1. The second-order valence-electron chi connectivity index (χ2n) is 3.14. The summed E-state index contributed by atoms with van der Waals surface area (Å²) >= 11 is 1.13. The lowest BCUT2D eigenvalue weighted by atomic mass is 10.1. The van der Waals surface area contributed by atoms with Crippen LogP contribution in [0.3, 0.4) is 0 Å². The number of methoxy groups -OCH3 is 1. The van der Waals surface area contributed by atoms with Crippen molar-refractivity contribution in [1.82, 2.24) is 0 Å². The molecule has 0 radical (unpaired) electrons. The fourth-order valence-corrected chi connectivity index (χ4v) is 2.49. The number of hydrogen-bond acceptors (Lipinski definition) is 5. The molecule has 1 aromatic heterocycles. The Morgan fingerprint density at radius 3 is 2.88 bits per heavy atom. The number of thiophene rings is 1. The molecular weight excluding hydrogens is 228 g/mol. The Hall–Kier alpha value is -1.88. The summed E-state index contributed by atoms with van der Waals surface area (Å²) in [6.45, 7) is 0. The summed E-state index contributed by atoms with van der Waals surface area (Å²) in [5.41, 5.74) is 0.452. The number of aldehydes is 1. The quantitative estimate of drug-likeness (QED) is 0.641. The monoisotopic (exact) mass is 236 g/mol. The summed E-state index contributed by atoms with van der Waals surface area (Å²) in [4.78, 5) is 22.5. The maximum atomic E-state index is 11.3. The first-order valence-corrected chi connectivity index (χ1v) is 5.28. The highest BCUT2D eigenvalue weighted by Crippen LogP contribution is 2.34. The predicted molar refractivity (Wildman–Crippen MR) is 60.2 cm³/mol. The first-order chi connectivity index (χ1) is 7.67. The normalized spacial score (nSPS) is 10.3. The molecule has 16 heavy (non-hydrogen) atoms. The Kier molecular flexibility index (Phi) is 2.62. The molecule has 0 atom stereocenters. The molecule has 4 nitrogen and oxygen atoms in total. The molecular formula is C11H8O4S. The molecule has 0 aliphatic carbocycles. The van der Waals surface area contributed by atoms with Crippen molar-refractivity contribution in [3.05, 3.63) is 28.6 Å². The summed E-state index contributed by atoms with van der Waals surface area (Å²) in [6.07, 6.45) is 0.694. The number of carbonyl (C=O) groups is 2. The van der Waals surface area contributed by atoms with Gasteiger partial charge in [0.1, 0.15) is 10.6 Å². The van der Waals surface area contributed by atoms with Gasteiger partial charge in [-0.3, -0.25) is 4.79 Å². The maximum Gasteiger partial charge on any atom is 0.348 e. The standard InChI is InChI=1S/C11H8O4S/c1-15-11(14)9-4-7-8(13)3-2-6(5-12)10(7)16-9/h2-5,13H,1H3. The zero-order chi connectivity index (χ0) is 11.7. The third-order valence-corrected chi connectivity index (χ3v) is 3.37. The van der Waals surface area contributed by atoms with E-state index in [-0.39, 0.29) is 5.75 Å². The first-order valence-electron chi connectivity index (χ1n) is 4.46. The third-order valence-electron chi connectivity index (χ3n) is 2.20. The van der Waals surface area contributed by atoms with Crippen LogP contribution in [0.4, 0.5) is 0 Å². The van der Waals surface area contributed by atoms with Crippen LogP contribution in [-0.2, 0) is 4.74 Å². The van der Waals surface area contributed by atoms with Crippen molar-refractivity contribution in [3.63, 3.8) is 0 Å². The van der Waals surface area contributed by atoms with Crippen LogP contribution in [0.15, 0.2) is 18.2 Å². The van der Waals surface area contributed by atoms with Crippen LogP contribution in [-0.4, -0.2) is 24.5 Å². The van der Waals surface area contributed by atoms with Crippen molar-refractivity contribution in [2.24, 2.45) is 0 Å². The minimum Gasteiger partial charge on any atom is -0.507 e. The van der Waals surface area contributed by atoms with Crippen LogP contribution in [0.1, 0.15) is 20.0 Å². The van der Waals surface area contributed by atoms with Crippen molar-refractivity contribution < 1.29 is 19.4 Å². The van der Waals surface area contributed by atoms with Crippen molar-refractivity contribution in [2.75, 3.05) is 7.11 Å². The molecule has 2 aromatic rings. The molecule has 0 amide bonds. The van der Waals surface area contributed by atoms with Gasteiger partial charge >= 0.3 is 5.97 Å². The van der Waals surface area contributed by atoms with Crippen LogP contribution >= 0.6 is 11.3 Å². The molecule has 2 rings (SSSR count). The van der Waals surface area contributed by atoms with Crippen LogP contribution in [0.25, 0.3) is 10.1 Å². The van der Waals surface area contributed by atoms with Gasteiger partial charge in [-0.1, -0.05) is 0 Å². The molecule has 1 N–H and O–H groups in total. The molecule has 0 saturated carbocycles. The van der Waals surface area contributed by atoms with Crippen molar-refractivity contribution in [2.45, 2.75) is 0 Å². The van der Waals surface area contributed by atoms with Gasteiger partial charge in [0.25, 0.3) is 0 Å². The molecule has 0 saturated heterocycles. The van der Waals surface area contributed by atoms with Gasteiger partial charge in [-0.2, -0.15) is 0 Å². The molecule has 0 fully saturated rings. The molecule has 82 valence electrons. The van der Waals surface area contributed by atoms with Crippen molar-refractivity contribution in [1.29, 1.82) is 0 Å². The molecule has 0 aliphatic rings. The minimum atomic E-state index is -0.475. The predicted octanol–water partition coefficient (Wildman–Crippen LogP) is 2.21. The maximum absolute atomic E-state index is 11.3. The van der Waals surface area contributed by atoms with Gasteiger partial charge in [-0.25, -0.2) is 4.79 Å². The highest BCUT2D eigenvalue weighted by atomic mass is 32.1. The van der Waals surface area contributed by atoms with E-state index < -0.39 is 5.97 Å². The first kappa shape index (κ1) is 10.6. The SMILES string of the molecule is COC(=O)c1cc2c(O)ccc(C=O)c2s1.